The maximum Gasteiger partial charge on any atom is 0.134 e. The van der Waals surface area contributed by atoms with Gasteiger partial charge in [-0.05, 0) is 43.0 Å². The van der Waals surface area contributed by atoms with Crippen molar-refractivity contribution in [2.45, 2.75) is 43.8 Å². The number of halogens is 2. The maximum absolute atomic E-state index is 10.1. The van der Waals surface area contributed by atoms with Crippen LogP contribution in [0, 0.1) is 23.7 Å². The number of terminal acetylenes is 1. The number of hydrogen-bond donors (Lipinski definition) is 4. The number of nitrogens with zero attached hydrogens (tertiary/aromatic N) is 4. The fourth-order valence-electron chi connectivity index (χ4n) is 4.98. The number of hydrazine groups is 2. The van der Waals surface area contributed by atoms with E-state index in [4.69, 9.17) is 29.6 Å². The lowest BCUT2D eigenvalue weighted by molar-refractivity contribution is 0.260. The summed E-state index contributed by atoms with van der Waals surface area (Å²) in [6.07, 6.45) is 13.9. The number of rotatable bonds is 10. The number of nitriles is 1. The number of aromatic nitrogens is 2. The van der Waals surface area contributed by atoms with E-state index in [1.54, 1.807) is 24.4 Å². The van der Waals surface area contributed by atoms with E-state index in [0.717, 1.165) is 18.4 Å². The molecule has 1 fully saturated rings. The van der Waals surface area contributed by atoms with Gasteiger partial charge in [0.1, 0.15) is 11.2 Å². The van der Waals surface area contributed by atoms with E-state index < -0.39 is 6.02 Å². The fraction of sp³-hybridized carbons (Fsp3) is 0.219. The molecule has 4 aromatic rings. The quantitative estimate of drug-likeness (QED) is 0.116. The van der Waals surface area contributed by atoms with Crippen LogP contribution in [0.3, 0.4) is 0 Å². The highest BCUT2D eigenvalue weighted by atomic mass is 35.5. The van der Waals surface area contributed by atoms with Gasteiger partial charge in [-0.25, -0.2) is 4.98 Å². The zero-order valence-electron chi connectivity index (χ0n) is 23.5. The van der Waals surface area contributed by atoms with Crippen LogP contribution in [0.4, 0.5) is 11.4 Å². The zero-order valence-corrected chi connectivity index (χ0v) is 24.0. The zero-order chi connectivity index (χ0) is 30.0. The van der Waals surface area contributed by atoms with Gasteiger partial charge in [0, 0.05) is 47.7 Å². The van der Waals surface area contributed by atoms with Crippen molar-refractivity contribution >= 4 is 45.5 Å². The first kappa shape index (κ1) is 26.4. The van der Waals surface area contributed by atoms with Gasteiger partial charge in [-0.1, -0.05) is 59.6 Å². The highest BCUT2D eigenvalue weighted by molar-refractivity contribution is 6.36. The highest BCUT2D eigenvalue weighted by Gasteiger charge is 2.33. The third kappa shape index (κ3) is 5.79. The van der Waals surface area contributed by atoms with Gasteiger partial charge in [0.25, 0.3) is 0 Å². The molecule has 2 aromatic carbocycles. The highest BCUT2D eigenvalue weighted by Crippen LogP contribution is 2.39. The first-order chi connectivity index (χ1) is 20.9. The van der Waals surface area contributed by atoms with Crippen molar-refractivity contribution in [2.75, 3.05) is 10.6 Å². The fourth-order valence-corrected chi connectivity index (χ4v) is 5.46. The molecule has 0 spiro atoms. The lowest BCUT2D eigenvalue weighted by Gasteiger charge is -2.24. The van der Waals surface area contributed by atoms with Gasteiger partial charge in [0.15, 0.2) is 0 Å². The van der Waals surface area contributed by atoms with Crippen LogP contribution < -0.4 is 21.6 Å². The lowest BCUT2D eigenvalue weighted by atomic mass is 10.00. The molecule has 0 amide bonds. The van der Waals surface area contributed by atoms with Gasteiger partial charge in [0.05, 0.1) is 40.9 Å². The Kier molecular flexibility index (Phi) is 7.67. The van der Waals surface area contributed by atoms with Gasteiger partial charge in [0.2, 0.25) is 0 Å². The van der Waals surface area contributed by atoms with Gasteiger partial charge in [-0.15, -0.1) is 17.9 Å². The summed E-state index contributed by atoms with van der Waals surface area (Å²) in [5.74, 6) is 2.72. The van der Waals surface area contributed by atoms with Gasteiger partial charge in [-0.2, -0.15) is 5.26 Å². The minimum atomic E-state index is -1.58. The molecule has 6 rings (SSSR count). The van der Waals surface area contributed by atoms with Crippen LogP contribution in [0.5, 0.6) is 0 Å². The summed E-state index contributed by atoms with van der Waals surface area (Å²) in [6.45, 7) is 0. The average molecular weight is 597 g/mol. The second kappa shape index (κ2) is 12.2. The van der Waals surface area contributed by atoms with Gasteiger partial charge < -0.3 is 16.1 Å². The van der Waals surface area contributed by atoms with Crippen LogP contribution >= 0.6 is 23.2 Å². The van der Waals surface area contributed by atoms with Gasteiger partial charge >= 0.3 is 0 Å². The molecule has 1 aliphatic heterocycles. The summed E-state index contributed by atoms with van der Waals surface area (Å²) in [7, 11) is 0. The second-order valence-electron chi connectivity index (χ2n) is 10.1. The number of fused-ring (bicyclic) bond motifs is 1. The van der Waals surface area contributed by atoms with E-state index >= 15 is 0 Å². The molecule has 0 saturated heterocycles. The van der Waals surface area contributed by atoms with Crippen LogP contribution in [0.15, 0.2) is 78.9 Å². The molecule has 4 N–H and O–H groups in total. The summed E-state index contributed by atoms with van der Waals surface area (Å²) in [4.78, 5) is 8.74. The van der Waals surface area contributed by atoms with E-state index in [1.165, 1.54) is 6.20 Å². The molecule has 0 unspecified atom stereocenters. The second-order valence-corrected chi connectivity index (χ2v) is 10.9. The summed E-state index contributed by atoms with van der Waals surface area (Å²) in [5, 5.41) is 20.1. The molecule has 0 bridgehead atoms. The van der Waals surface area contributed by atoms with Crippen molar-refractivity contribution in [1.82, 2.24) is 25.9 Å². The number of benzene rings is 2. The number of hydrogen-bond acceptors (Lipinski definition) is 8. The van der Waals surface area contributed by atoms with Crippen LogP contribution in [-0.2, 0) is 0 Å². The summed E-state index contributed by atoms with van der Waals surface area (Å²) < 4.78 is 9.72. The van der Waals surface area contributed by atoms with Crippen molar-refractivity contribution in [3.8, 4) is 18.4 Å². The number of anilines is 2. The summed E-state index contributed by atoms with van der Waals surface area (Å²) in [5.41, 5.74) is 10.3. The Morgan fingerprint density at radius 3 is 2.71 bits per heavy atom. The van der Waals surface area contributed by atoms with Crippen molar-refractivity contribution in [1.29, 1.82) is 5.26 Å². The molecule has 0 radical (unpaired) electrons. The van der Waals surface area contributed by atoms with Crippen LogP contribution in [0.25, 0.3) is 10.9 Å². The number of nitrogens with one attached hydrogen (secondary N) is 4. The molecular formula is C32H28Cl2N8. The lowest BCUT2D eigenvalue weighted by Crippen LogP contribution is -2.38. The summed E-state index contributed by atoms with van der Waals surface area (Å²) in [6, 6.07) is 17.9. The minimum Gasteiger partial charge on any atom is -0.377 e. The van der Waals surface area contributed by atoms with Crippen molar-refractivity contribution in [3.05, 3.63) is 106 Å². The molecule has 1 aliphatic carbocycles. The van der Waals surface area contributed by atoms with E-state index in [2.05, 4.69) is 43.6 Å². The molecule has 2 atom stereocenters. The topological polar surface area (TPSA) is 101 Å². The molecular weight excluding hydrogens is 567 g/mol. The normalized spacial score (nSPS) is 16.8. The molecule has 3 heterocycles. The Balaban J connectivity index is 1.45. The van der Waals surface area contributed by atoms with E-state index in [-0.39, 0.29) is 11.2 Å². The van der Waals surface area contributed by atoms with Crippen LogP contribution in [0.1, 0.15) is 55.8 Å². The summed E-state index contributed by atoms with van der Waals surface area (Å²) >= 11 is 13.4. The third-order valence-corrected chi connectivity index (χ3v) is 7.83. The van der Waals surface area contributed by atoms with Crippen molar-refractivity contribution in [3.63, 3.8) is 0 Å². The molecule has 8 nitrogen and oxygen atoms in total. The third-order valence-electron chi connectivity index (χ3n) is 7.24. The maximum atomic E-state index is 10.1. The Hall–Kier alpha value is -4.47. The first-order valence-corrected chi connectivity index (χ1v) is 14.4. The first-order valence-electron chi connectivity index (χ1n) is 14.1. The monoisotopic (exact) mass is 595 g/mol. The Morgan fingerprint density at radius 1 is 1.14 bits per heavy atom. The smallest absolute Gasteiger partial charge is 0.134 e. The molecule has 2 aliphatic rings. The minimum absolute atomic E-state index is 0.165. The van der Waals surface area contributed by atoms with E-state index in [1.807, 2.05) is 47.6 Å². The standard InChI is InChI=1S/C32H28Cl2N8/c1-2-3-11-27(20-8-5-4-6-9-20)39-29-21(17-35)18-37-30-25(29)15-22(16-26(30)33)38-31(24-10-7-14-36-32(24)34)28-19-42(41-40-28)23-12-13-23/h1,4-10,14-16,18-19,23,27,31,38,40-41H,3,11-13H2,(H,37,39)/t27-,31+/m1/s1/i31D. The molecule has 10 heteroatoms. The van der Waals surface area contributed by atoms with Crippen molar-refractivity contribution in [2.24, 2.45) is 0 Å². The Bertz CT molecular complexity index is 1780. The van der Waals surface area contributed by atoms with Crippen molar-refractivity contribution < 1.29 is 1.37 Å². The van der Waals surface area contributed by atoms with Crippen LogP contribution in [0.2, 0.25) is 10.2 Å². The van der Waals surface area contributed by atoms with E-state index in [9.17, 15) is 6.63 Å². The Labute approximate surface area is 256 Å². The van der Waals surface area contributed by atoms with E-state index in [0.29, 0.717) is 63.0 Å². The number of pyridine rings is 2. The Morgan fingerprint density at radius 2 is 1.98 bits per heavy atom. The predicted molar refractivity (Wildman–Crippen MR) is 167 cm³/mol. The molecule has 210 valence electrons. The largest absolute Gasteiger partial charge is 0.377 e. The SMILES string of the molecule is [2H][C@@](Nc1cc(Cl)c2ncc(C#N)c(N[C@H](CCC#C)c3ccccc3)c2c1)(C1=CN(C2CC2)NN1)c1cccnc1Cl. The molecule has 42 heavy (non-hydrogen) atoms. The molecule has 2 aromatic heterocycles. The average Bonchev–Trinajstić information content (AvgIpc) is 3.75. The predicted octanol–water partition coefficient (Wildman–Crippen LogP) is 6.86. The molecule has 1 saturated carbocycles. The van der Waals surface area contributed by atoms with Gasteiger partial charge in [-0.3, -0.25) is 9.99 Å². The van der Waals surface area contributed by atoms with Crippen LogP contribution in [-0.4, -0.2) is 21.0 Å².